The maximum atomic E-state index is 12.4. The van der Waals surface area contributed by atoms with Crippen molar-refractivity contribution in [2.45, 2.75) is 13.5 Å². The summed E-state index contributed by atoms with van der Waals surface area (Å²) in [5.41, 5.74) is 6.01. The van der Waals surface area contributed by atoms with Gasteiger partial charge in [0, 0.05) is 17.9 Å². The molecule has 3 heteroatoms. The molecule has 0 atom stereocenters. The second-order valence-electron chi connectivity index (χ2n) is 6.34. The van der Waals surface area contributed by atoms with Gasteiger partial charge in [-0.25, -0.2) is 4.79 Å². The van der Waals surface area contributed by atoms with Gasteiger partial charge in [0.1, 0.15) is 6.61 Å². The quantitative estimate of drug-likeness (QED) is 0.473. The van der Waals surface area contributed by atoms with E-state index in [9.17, 15) is 4.79 Å². The summed E-state index contributed by atoms with van der Waals surface area (Å²) < 4.78 is 7.48. The van der Waals surface area contributed by atoms with E-state index in [1.165, 1.54) is 5.56 Å². The normalized spacial score (nSPS) is 10.8. The smallest absolute Gasteiger partial charge is 0.338 e. The third kappa shape index (κ3) is 3.24. The fourth-order valence-electron chi connectivity index (χ4n) is 3.05. The van der Waals surface area contributed by atoms with Gasteiger partial charge < -0.3 is 9.14 Å². The van der Waals surface area contributed by atoms with Crippen molar-refractivity contribution in [1.82, 2.24) is 4.40 Å². The number of fused-ring (bicyclic) bond motifs is 1. The minimum Gasteiger partial charge on any atom is -0.457 e. The van der Waals surface area contributed by atoms with Crippen LogP contribution in [0.3, 0.4) is 0 Å². The summed E-state index contributed by atoms with van der Waals surface area (Å²) in [7, 11) is 0. The van der Waals surface area contributed by atoms with Crippen LogP contribution < -0.4 is 0 Å². The van der Waals surface area contributed by atoms with Crippen molar-refractivity contribution < 1.29 is 9.53 Å². The van der Waals surface area contributed by atoms with E-state index in [4.69, 9.17) is 4.74 Å². The van der Waals surface area contributed by atoms with Crippen LogP contribution in [-0.2, 0) is 11.3 Å². The Kier molecular flexibility index (Phi) is 4.28. The van der Waals surface area contributed by atoms with Crippen molar-refractivity contribution in [1.29, 1.82) is 0 Å². The van der Waals surface area contributed by atoms with Gasteiger partial charge in [-0.15, -0.1) is 0 Å². The third-order valence-electron chi connectivity index (χ3n) is 4.57. The van der Waals surface area contributed by atoms with Crippen LogP contribution >= 0.6 is 0 Å². The first-order valence-electron chi connectivity index (χ1n) is 8.59. The summed E-state index contributed by atoms with van der Waals surface area (Å²) in [6, 6.07) is 24.0. The van der Waals surface area contributed by atoms with Crippen molar-refractivity contribution >= 4 is 11.5 Å². The number of carbonyl (C=O) groups excluding carboxylic acids is 1. The molecule has 0 saturated carbocycles. The molecule has 0 spiro atoms. The van der Waals surface area contributed by atoms with Gasteiger partial charge in [-0.2, -0.15) is 0 Å². The Hall–Kier alpha value is -3.33. The van der Waals surface area contributed by atoms with Gasteiger partial charge in [-0.1, -0.05) is 48.5 Å². The number of aryl methyl sites for hydroxylation is 1. The van der Waals surface area contributed by atoms with E-state index in [1.54, 1.807) is 6.07 Å². The van der Waals surface area contributed by atoms with Crippen LogP contribution in [0, 0.1) is 6.92 Å². The monoisotopic (exact) mass is 341 g/mol. The van der Waals surface area contributed by atoms with Crippen LogP contribution in [0.4, 0.5) is 0 Å². The van der Waals surface area contributed by atoms with Crippen molar-refractivity contribution in [2.75, 3.05) is 0 Å². The molecular weight excluding hydrogens is 322 g/mol. The average molecular weight is 341 g/mol. The average Bonchev–Trinajstić information content (AvgIpc) is 3.15. The molecule has 2 heterocycles. The SMILES string of the molecule is Cc1cc(-c2ccccc2)ccc1COC(=O)c1ccn2cccc2c1. The zero-order chi connectivity index (χ0) is 17.9. The number of hydrogen-bond acceptors (Lipinski definition) is 2. The van der Waals surface area contributed by atoms with Crippen LogP contribution in [0.25, 0.3) is 16.6 Å². The summed E-state index contributed by atoms with van der Waals surface area (Å²) in [6.45, 7) is 2.31. The van der Waals surface area contributed by atoms with Crippen LogP contribution in [0.1, 0.15) is 21.5 Å². The van der Waals surface area contributed by atoms with Crippen LogP contribution in [-0.4, -0.2) is 10.4 Å². The Labute approximate surface area is 152 Å². The largest absolute Gasteiger partial charge is 0.457 e. The highest BCUT2D eigenvalue weighted by Gasteiger charge is 2.10. The minimum absolute atomic E-state index is 0.270. The predicted octanol–water partition coefficient (Wildman–Crippen LogP) is 5.27. The van der Waals surface area contributed by atoms with Gasteiger partial charge >= 0.3 is 5.97 Å². The van der Waals surface area contributed by atoms with E-state index >= 15 is 0 Å². The maximum absolute atomic E-state index is 12.4. The highest BCUT2D eigenvalue weighted by Crippen LogP contribution is 2.22. The molecule has 2 aromatic heterocycles. The Morgan fingerprint density at radius 3 is 2.54 bits per heavy atom. The molecule has 0 saturated heterocycles. The Balaban J connectivity index is 1.48. The van der Waals surface area contributed by atoms with Gasteiger partial charge in [0.15, 0.2) is 0 Å². The summed E-state index contributed by atoms with van der Waals surface area (Å²) in [4.78, 5) is 12.4. The van der Waals surface area contributed by atoms with Crippen LogP contribution in [0.15, 0.2) is 85.2 Å². The molecule has 2 aromatic carbocycles. The number of hydrogen-bond donors (Lipinski definition) is 0. The Bertz CT molecular complexity index is 1060. The van der Waals surface area contributed by atoms with Gasteiger partial charge in [0.2, 0.25) is 0 Å². The highest BCUT2D eigenvalue weighted by molar-refractivity contribution is 5.90. The summed E-state index contributed by atoms with van der Waals surface area (Å²) >= 11 is 0. The first kappa shape index (κ1) is 16.2. The van der Waals surface area contributed by atoms with Crippen molar-refractivity contribution in [3.05, 3.63) is 102 Å². The lowest BCUT2D eigenvalue weighted by Crippen LogP contribution is -2.06. The van der Waals surface area contributed by atoms with Gasteiger partial charge in [-0.05, 0) is 53.4 Å². The number of pyridine rings is 1. The van der Waals surface area contributed by atoms with Gasteiger partial charge in [0.05, 0.1) is 5.56 Å². The summed E-state index contributed by atoms with van der Waals surface area (Å²) in [5, 5.41) is 0. The summed E-state index contributed by atoms with van der Waals surface area (Å²) in [6.07, 6.45) is 3.81. The molecule has 3 nitrogen and oxygen atoms in total. The first-order valence-corrected chi connectivity index (χ1v) is 8.59. The fraction of sp³-hybridized carbons (Fsp3) is 0.0870. The third-order valence-corrected chi connectivity index (χ3v) is 4.57. The topological polar surface area (TPSA) is 30.7 Å². The summed E-state index contributed by atoms with van der Waals surface area (Å²) in [5.74, 6) is -0.305. The minimum atomic E-state index is -0.305. The number of aromatic nitrogens is 1. The molecule has 0 radical (unpaired) electrons. The zero-order valence-corrected chi connectivity index (χ0v) is 14.6. The molecule has 0 aliphatic heterocycles. The van der Waals surface area contributed by atoms with E-state index in [1.807, 2.05) is 66.2 Å². The molecule has 0 fully saturated rings. The van der Waals surface area contributed by atoms with E-state index < -0.39 is 0 Å². The fourth-order valence-corrected chi connectivity index (χ4v) is 3.05. The molecule has 0 aliphatic rings. The number of nitrogens with zero attached hydrogens (tertiary/aromatic N) is 1. The molecule has 128 valence electrons. The first-order chi connectivity index (χ1) is 12.7. The van der Waals surface area contributed by atoms with Crippen molar-refractivity contribution in [2.24, 2.45) is 0 Å². The second kappa shape index (κ2) is 6.89. The molecular formula is C23H19NO2. The molecule has 4 aromatic rings. The van der Waals surface area contributed by atoms with Crippen LogP contribution in [0.2, 0.25) is 0 Å². The van der Waals surface area contributed by atoms with Crippen molar-refractivity contribution in [3.63, 3.8) is 0 Å². The number of benzene rings is 2. The Morgan fingerprint density at radius 1 is 0.885 bits per heavy atom. The maximum Gasteiger partial charge on any atom is 0.338 e. The second-order valence-corrected chi connectivity index (χ2v) is 6.34. The molecule has 0 bridgehead atoms. The lowest BCUT2D eigenvalue weighted by Gasteiger charge is -2.10. The van der Waals surface area contributed by atoms with Crippen molar-refractivity contribution in [3.8, 4) is 11.1 Å². The van der Waals surface area contributed by atoms with Crippen LogP contribution in [0.5, 0.6) is 0 Å². The lowest BCUT2D eigenvalue weighted by molar-refractivity contribution is 0.0472. The van der Waals surface area contributed by atoms with Gasteiger partial charge in [0.25, 0.3) is 0 Å². The van der Waals surface area contributed by atoms with Gasteiger partial charge in [-0.3, -0.25) is 0 Å². The molecule has 0 N–H and O–H groups in total. The number of esters is 1. The standard InChI is InChI=1S/C23H19NO2/c1-17-14-19(18-6-3-2-4-7-18)9-10-21(17)16-26-23(25)20-11-13-24-12-5-8-22(24)15-20/h2-15H,16H2,1H3. The van der Waals surface area contributed by atoms with E-state index in [-0.39, 0.29) is 12.6 Å². The molecule has 26 heavy (non-hydrogen) atoms. The van der Waals surface area contributed by atoms with E-state index in [2.05, 4.69) is 24.3 Å². The number of ether oxygens (including phenoxy) is 1. The van der Waals surface area contributed by atoms with E-state index in [0.717, 1.165) is 22.2 Å². The lowest BCUT2D eigenvalue weighted by atomic mass is 10.0. The number of rotatable bonds is 4. The molecule has 0 amide bonds. The number of carbonyl (C=O) groups is 1. The Morgan fingerprint density at radius 2 is 1.73 bits per heavy atom. The molecule has 0 unspecified atom stereocenters. The zero-order valence-electron chi connectivity index (χ0n) is 14.6. The predicted molar refractivity (Wildman–Crippen MR) is 103 cm³/mol. The molecule has 4 rings (SSSR count). The molecule has 0 aliphatic carbocycles. The highest BCUT2D eigenvalue weighted by atomic mass is 16.5. The van der Waals surface area contributed by atoms with E-state index in [0.29, 0.717) is 5.56 Å².